The molecule has 2 amide bonds. The number of pyridine rings is 1. The molecule has 0 spiro atoms. The Kier molecular flexibility index (Phi) is 6.05. The molecule has 1 aromatic carbocycles. The Morgan fingerprint density at radius 1 is 1.32 bits per heavy atom. The Morgan fingerprint density at radius 2 is 2.04 bits per heavy atom. The van der Waals surface area contributed by atoms with Crippen LogP contribution in [0.25, 0.3) is 0 Å². The molecular formula is C18H22N4O3. The standard InChI is InChI=1S/C18H22N4O3/c1-4-17(14-7-5-9-16(11-14)22(24)25)20-18(23)21(3)13(2)15-8-6-10-19-12-15/h5-13,17H,4H2,1-3H3,(H,20,23)/t13-,17+/m1/s1. The van der Waals surface area contributed by atoms with E-state index in [1.165, 1.54) is 12.1 Å². The van der Waals surface area contributed by atoms with Gasteiger partial charge >= 0.3 is 6.03 Å². The Bertz CT molecular complexity index is 736. The average Bonchev–Trinajstić information content (AvgIpc) is 2.65. The van der Waals surface area contributed by atoms with Gasteiger partial charge in [-0.1, -0.05) is 25.1 Å². The van der Waals surface area contributed by atoms with E-state index >= 15 is 0 Å². The van der Waals surface area contributed by atoms with Crippen molar-refractivity contribution in [2.24, 2.45) is 0 Å². The van der Waals surface area contributed by atoms with Crippen molar-refractivity contribution in [3.63, 3.8) is 0 Å². The summed E-state index contributed by atoms with van der Waals surface area (Å²) in [5.41, 5.74) is 1.67. The largest absolute Gasteiger partial charge is 0.331 e. The van der Waals surface area contributed by atoms with Gasteiger partial charge in [0.05, 0.1) is 17.0 Å². The van der Waals surface area contributed by atoms with Crippen molar-refractivity contribution in [3.8, 4) is 0 Å². The second-order valence-corrected chi connectivity index (χ2v) is 5.84. The fourth-order valence-corrected chi connectivity index (χ4v) is 2.55. The van der Waals surface area contributed by atoms with E-state index in [1.807, 2.05) is 26.0 Å². The number of amides is 2. The van der Waals surface area contributed by atoms with Gasteiger partial charge in [-0.05, 0) is 30.5 Å². The highest BCUT2D eigenvalue weighted by Gasteiger charge is 2.21. The predicted molar refractivity (Wildman–Crippen MR) is 95.1 cm³/mol. The molecule has 0 aliphatic heterocycles. The maximum absolute atomic E-state index is 12.6. The summed E-state index contributed by atoms with van der Waals surface area (Å²) in [6, 6.07) is 9.42. The van der Waals surface area contributed by atoms with Gasteiger partial charge in [-0.3, -0.25) is 15.1 Å². The molecular weight excluding hydrogens is 320 g/mol. The van der Waals surface area contributed by atoms with Crippen LogP contribution in [0.5, 0.6) is 0 Å². The normalized spacial score (nSPS) is 12.9. The number of hydrogen-bond donors (Lipinski definition) is 1. The minimum absolute atomic E-state index is 0.0160. The second-order valence-electron chi connectivity index (χ2n) is 5.84. The quantitative estimate of drug-likeness (QED) is 0.638. The van der Waals surface area contributed by atoms with E-state index in [9.17, 15) is 14.9 Å². The molecule has 0 saturated carbocycles. The molecule has 2 rings (SSSR count). The zero-order chi connectivity index (χ0) is 18.4. The van der Waals surface area contributed by atoms with E-state index in [2.05, 4.69) is 10.3 Å². The lowest BCUT2D eigenvalue weighted by atomic mass is 10.0. The molecule has 2 atom stereocenters. The molecule has 1 heterocycles. The summed E-state index contributed by atoms with van der Waals surface area (Å²) in [5.74, 6) is 0. The van der Waals surface area contributed by atoms with Gasteiger partial charge in [0.2, 0.25) is 0 Å². The van der Waals surface area contributed by atoms with Gasteiger partial charge < -0.3 is 10.2 Å². The lowest BCUT2D eigenvalue weighted by molar-refractivity contribution is -0.384. The molecule has 7 heteroatoms. The minimum atomic E-state index is -0.436. The number of carbonyl (C=O) groups is 1. The number of carbonyl (C=O) groups excluding carboxylic acids is 1. The van der Waals surface area contributed by atoms with Crippen LogP contribution in [0.4, 0.5) is 10.5 Å². The minimum Gasteiger partial charge on any atom is -0.331 e. The molecule has 0 radical (unpaired) electrons. The topological polar surface area (TPSA) is 88.4 Å². The third-order valence-electron chi connectivity index (χ3n) is 4.26. The summed E-state index contributed by atoms with van der Waals surface area (Å²) >= 11 is 0. The number of rotatable bonds is 6. The van der Waals surface area contributed by atoms with E-state index in [0.717, 1.165) is 5.56 Å². The number of urea groups is 1. The van der Waals surface area contributed by atoms with Crippen LogP contribution in [0.1, 0.15) is 43.5 Å². The average molecular weight is 342 g/mol. The van der Waals surface area contributed by atoms with Crippen molar-refractivity contribution in [2.75, 3.05) is 7.05 Å². The third kappa shape index (κ3) is 4.53. The highest BCUT2D eigenvalue weighted by molar-refractivity contribution is 5.75. The molecule has 0 fully saturated rings. The molecule has 0 unspecified atom stereocenters. The molecule has 25 heavy (non-hydrogen) atoms. The summed E-state index contributed by atoms with van der Waals surface area (Å²) in [6.45, 7) is 3.85. The molecule has 2 aromatic rings. The van der Waals surface area contributed by atoms with E-state index in [-0.39, 0.29) is 23.8 Å². The van der Waals surface area contributed by atoms with Gasteiger partial charge in [0.15, 0.2) is 0 Å². The fraction of sp³-hybridized carbons (Fsp3) is 0.333. The summed E-state index contributed by atoms with van der Waals surface area (Å²) in [6.07, 6.45) is 4.04. The van der Waals surface area contributed by atoms with Crippen LogP contribution < -0.4 is 5.32 Å². The Morgan fingerprint density at radius 3 is 2.64 bits per heavy atom. The molecule has 1 N–H and O–H groups in total. The maximum atomic E-state index is 12.6. The number of aromatic nitrogens is 1. The molecule has 132 valence electrons. The van der Waals surface area contributed by atoms with E-state index in [4.69, 9.17) is 0 Å². The zero-order valence-corrected chi connectivity index (χ0v) is 14.5. The SMILES string of the molecule is CC[C@H](NC(=O)N(C)[C@H](C)c1cccnc1)c1cccc([N+](=O)[O-])c1. The lowest BCUT2D eigenvalue weighted by Crippen LogP contribution is -2.40. The summed E-state index contributed by atoms with van der Waals surface area (Å²) in [4.78, 5) is 28.8. The van der Waals surface area contributed by atoms with Crippen molar-refractivity contribution in [2.45, 2.75) is 32.4 Å². The van der Waals surface area contributed by atoms with Crippen molar-refractivity contribution in [1.29, 1.82) is 0 Å². The van der Waals surface area contributed by atoms with Crippen LogP contribution in [0.2, 0.25) is 0 Å². The third-order valence-corrected chi connectivity index (χ3v) is 4.26. The zero-order valence-electron chi connectivity index (χ0n) is 14.5. The highest BCUT2D eigenvalue weighted by Crippen LogP contribution is 2.23. The molecule has 0 aliphatic rings. The van der Waals surface area contributed by atoms with Crippen LogP contribution in [-0.2, 0) is 0 Å². The first kappa shape index (κ1) is 18.4. The number of nitro benzene ring substituents is 1. The van der Waals surface area contributed by atoms with E-state index < -0.39 is 4.92 Å². The van der Waals surface area contributed by atoms with Crippen LogP contribution >= 0.6 is 0 Å². The Labute approximate surface area is 146 Å². The van der Waals surface area contributed by atoms with Gasteiger partial charge in [0.25, 0.3) is 5.69 Å². The predicted octanol–water partition coefficient (Wildman–Crippen LogP) is 3.84. The molecule has 0 aliphatic carbocycles. The van der Waals surface area contributed by atoms with Crippen LogP contribution in [0.15, 0.2) is 48.8 Å². The highest BCUT2D eigenvalue weighted by atomic mass is 16.6. The Hall–Kier alpha value is -2.96. The van der Waals surface area contributed by atoms with E-state index in [0.29, 0.717) is 12.0 Å². The molecule has 0 saturated heterocycles. The van der Waals surface area contributed by atoms with Crippen molar-refractivity contribution in [3.05, 3.63) is 70.0 Å². The summed E-state index contributed by atoms with van der Waals surface area (Å²) in [7, 11) is 1.72. The van der Waals surface area contributed by atoms with E-state index in [1.54, 1.807) is 36.5 Å². The summed E-state index contributed by atoms with van der Waals surface area (Å²) < 4.78 is 0. The smallest absolute Gasteiger partial charge is 0.318 e. The summed E-state index contributed by atoms with van der Waals surface area (Å²) in [5, 5.41) is 13.9. The van der Waals surface area contributed by atoms with Crippen molar-refractivity contribution >= 4 is 11.7 Å². The number of benzene rings is 1. The van der Waals surface area contributed by atoms with Crippen molar-refractivity contribution in [1.82, 2.24) is 15.2 Å². The maximum Gasteiger partial charge on any atom is 0.318 e. The Balaban J connectivity index is 2.11. The lowest BCUT2D eigenvalue weighted by Gasteiger charge is -2.28. The van der Waals surface area contributed by atoms with Gasteiger partial charge in [-0.2, -0.15) is 0 Å². The fourth-order valence-electron chi connectivity index (χ4n) is 2.55. The van der Waals surface area contributed by atoms with Crippen LogP contribution in [0, 0.1) is 10.1 Å². The number of nitro groups is 1. The number of nitrogens with zero attached hydrogens (tertiary/aromatic N) is 3. The molecule has 7 nitrogen and oxygen atoms in total. The molecule has 0 bridgehead atoms. The first-order valence-electron chi connectivity index (χ1n) is 8.11. The van der Waals surface area contributed by atoms with Gasteiger partial charge in [0.1, 0.15) is 0 Å². The number of hydrogen-bond acceptors (Lipinski definition) is 4. The van der Waals surface area contributed by atoms with Gasteiger partial charge in [-0.25, -0.2) is 4.79 Å². The first-order chi connectivity index (χ1) is 11.9. The van der Waals surface area contributed by atoms with Crippen LogP contribution in [0.3, 0.4) is 0 Å². The number of non-ortho nitro benzene ring substituents is 1. The second kappa shape index (κ2) is 8.23. The monoisotopic (exact) mass is 342 g/mol. The van der Waals surface area contributed by atoms with Gasteiger partial charge in [-0.15, -0.1) is 0 Å². The van der Waals surface area contributed by atoms with Crippen molar-refractivity contribution < 1.29 is 9.72 Å². The van der Waals surface area contributed by atoms with Crippen LogP contribution in [-0.4, -0.2) is 27.9 Å². The first-order valence-corrected chi connectivity index (χ1v) is 8.11. The number of nitrogens with one attached hydrogen (secondary N) is 1. The van der Waals surface area contributed by atoms with Gasteiger partial charge in [0, 0.05) is 31.6 Å². The molecule has 1 aromatic heterocycles.